The SMILES string of the molecule is CCCc1cc2oc(=O)cc(O)c2cc1CCC. The number of fused-ring (bicyclic) bond motifs is 1. The van der Waals surface area contributed by atoms with Crippen LogP contribution in [0.2, 0.25) is 0 Å². The molecule has 0 aliphatic carbocycles. The zero-order chi connectivity index (χ0) is 13.1. The highest BCUT2D eigenvalue weighted by atomic mass is 16.4. The van der Waals surface area contributed by atoms with Crippen LogP contribution in [0.3, 0.4) is 0 Å². The molecule has 0 fully saturated rings. The smallest absolute Gasteiger partial charge is 0.339 e. The lowest BCUT2D eigenvalue weighted by Gasteiger charge is -2.10. The summed E-state index contributed by atoms with van der Waals surface area (Å²) in [5, 5.41) is 10.4. The minimum absolute atomic E-state index is 0.00153. The summed E-state index contributed by atoms with van der Waals surface area (Å²) in [6.07, 6.45) is 4.04. The summed E-state index contributed by atoms with van der Waals surface area (Å²) >= 11 is 0. The Kier molecular flexibility index (Phi) is 3.70. The van der Waals surface area contributed by atoms with E-state index in [4.69, 9.17) is 4.42 Å². The Morgan fingerprint density at radius 1 is 1.06 bits per heavy atom. The van der Waals surface area contributed by atoms with Gasteiger partial charge in [0.25, 0.3) is 0 Å². The Morgan fingerprint density at radius 3 is 2.28 bits per heavy atom. The Hall–Kier alpha value is -1.77. The van der Waals surface area contributed by atoms with Gasteiger partial charge in [-0.25, -0.2) is 4.79 Å². The minimum Gasteiger partial charge on any atom is -0.507 e. The largest absolute Gasteiger partial charge is 0.507 e. The van der Waals surface area contributed by atoms with Crippen molar-refractivity contribution in [2.45, 2.75) is 39.5 Å². The molecule has 0 spiro atoms. The number of benzene rings is 1. The van der Waals surface area contributed by atoms with E-state index in [0.29, 0.717) is 11.0 Å². The molecule has 0 saturated carbocycles. The second kappa shape index (κ2) is 5.25. The summed E-state index contributed by atoms with van der Waals surface area (Å²) in [6.45, 7) is 4.25. The van der Waals surface area contributed by atoms with E-state index in [1.165, 1.54) is 11.1 Å². The van der Waals surface area contributed by atoms with Crippen LogP contribution in [-0.2, 0) is 12.8 Å². The number of hydrogen-bond donors (Lipinski definition) is 1. The van der Waals surface area contributed by atoms with Crippen molar-refractivity contribution in [2.24, 2.45) is 0 Å². The molecule has 0 saturated heterocycles. The maximum absolute atomic E-state index is 11.3. The van der Waals surface area contributed by atoms with Crippen LogP contribution in [0.5, 0.6) is 5.75 Å². The summed E-state index contributed by atoms with van der Waals surface area (Å²) in [4.78, 5) is 11.3. The third kappa shape index (κ3) is 2.40. The molecule has 1 aromatic heterocycles. The quantitative estimate of drug-likeness (QED) is 0.841. The first-order valence-electron chi connectivity index (χ1n) is 6.44. The van der Waals surface area contributed by atoms with Crippen LogP contribution in [-0.4, -0.2) is 5.11 Å². The van der Waals surface area contributed by atoms with Crippen molar-refractivity contribution in [3.05, 3.63) is 39.7 Å². The fraction of sp³-hybridized carbons (Fsp3) is 0.400. The molecule has 0 bridgehead atoms. The molecule has 96 valence electrons. The molecule has 2 aromatic rings. The van der Waals surface area contributed by atoms with Gasteiger partial charge >= 0.3 is 5.63 Å². The Bertz CT molecular complexity index is 611. The average Bonchev–Trinajstić information content (AvgIpc) is 2.31. The van der Waals surface area contributed by atoms with Crippen molar-refractivity contribution in [3.8, 4) is 5.75 Å². The Labute approximate surface area is 106 Å². The molecule has 1 aromatic carbocycles. The van der Waals surface area contributed by atoms with Crippen LogP contribution >= 0.6 is 0 Å². The fourth-order valence-corrected chi connectivity index (χ4v) is 2.28. The molecule has 0 aliphatic heterocycles. The van der Waals surface area contributed by atoms with Gasteiger partial charge < -0.3 is 9.52 Å². The van der Waals surface area contributed by atoms with Crippen LogP contribution in [0.25, 0.3) is 11.0 Å². The predicted molar refractivity (Wildman–Crippen MR) is 72.1 cm³/mol. The van der Waals surface area contributed by atoms with Crippen molar-refractivity contribution >= 4 is 11.0 Å². The average molecular weight is 246 g/mol. The van der Waals surface area contributed by atoms with Gasteiger partial charge in [0.05, 0.1) is 11.5 Å². The molecule has 1 N–H and O–H groups in total. The van der Waals surface area contributed by atoms with Gasteiger partial charge in [0.1, 0.15) is 11.3 Å². The van der Waals surface area contributed by atoms with Gasteiger partial charge in [0.15, 0.2) is 0 Å². The van der Waals surface area contributed by atoms with Gasteiger partial charge in [-0.1, -0.05) is 26.7 Å². The highest BCUT2D eigenvalue weighted by Crippen LogP contribution is 2.27. The molecule has 1 heterocycles. The topological polar surface area (TPSA) is 50.4 Å². The summed E-state index contributed by atoms with van der Waals surface area (Å²) < 4.78 is 5.15. The number of hydrogen-bond acceptors (Lipinski definition) is 3. The van der Waals surface area contributed by atoms with E-state index in [-0.39, 0.29) is 5.75 Å². The van der Waals surface area contributed by atoms with Gasteiger partial charge in [-0.15, -0.1) is 0 Å². The van der Waals surface area contributed by atoms with Crippen LogP contribution < -0.4 is 5.63 Å². The van der Waals surface area contributed by atoms with Crippen molar-refractivity contribution in [1.29, 1.82) is 0 Å². The van der Waals surface area contributed by atoms with E-state index < -0.39 is 5.63 Å². The van der Waals surface area contributed by atoms with Gasteiger partial charge in [0, 0.05) is 0 Å². The molecule has 0 unspecified atom stereocenters. The maximum Gasteiger partial charge on any atom is 0.339 e. The van der Waals surface area contributed by atoms with Crippen molar-refractivity contribution in [1.82, 2.24) is 0 Å². The van der Waals surface area contributed by atoms with E-state index in [2.05, 4.69) is 13.8 Å². The Balaban J connectivity index is 2.67. The molecule has 0 amide bonds. The lowest BCUT2D eigenvalue weighted by atomic mass is 9.97. The van der Waals surface area contributed by atoms with Crippen LogP contribution in [0, 0.1) is 0 Å². The highest BCUT2D eigenvalue weighted by Gasteiger charge is 2.09. The van der Waals surface area contributed by atoms with Crippen LogP contribution in [0.15, 0.2) is 27.4 Å². The van der Waals surface area contributed by atoms with Crippen LogP contribution in [0.1, 0.15) is 37.8 Å². The minimum atomic E-state index is -0.509. The third-order valence-corrected chi connectivity index (χ3v) is 3.08. The van der Waals surface area contributed by atoms with Gasteiger partial charge in [-0.2, -0.15) is 0 Å². The van der Waals surface area contributed by atoms with Gasteiger partial charge in [0.2, 0.25) is 0 Å². The molecule has 18 heavy (non-hydrogen) atoms. The van der Waals surface area contributed by atoms with Crippen molar-refractivity contribution < 1.29 is 9.52 Å². The molecule has 2 rings (SSSR count). The molecule has 0 aliphatic rings. The fourth-order valence-electron chi connectivity index (χ4n) is 2.28. The molecule has 0 radical (unpaired) electrons. The van der Waals surface area contributed by atoms with Gasteiger partial charge in [-0.05, 0) is 36.1 Å². The van der Waals surface area contributed by atoms with Gasteiger partial charge in [-0.3, -0.25) is 0 Å². The first-order valence-corrected chi connectivity index (χ1v) is 6.44. The predicted octanol–water partition coefficient (Wildman–Crippen LogP) is 3.40. The van der Waals surface area contributed by atoms with Crippen molar-refractivity contribution in [3.63, 3.8) is 0 Å². The number of aromatic hydroxyl groups is 1. The zero-order valence-corrected chi connectivity index (χ0v) is 10.8. The van der Waals surface area contributed by atoms with E-state index in [1.54, 1.807) is 0 Å². The summed E-state index contributed by atoms with van der Waals surface area (Å²) in [5.41, 5.74) is 2.41. The van der Waals surface area contributed by atoms with E-state index in [1.807, 2.05) is 12.1 Å². The normalized spacial score (nSPS) is 11.0. The number of rotatable bonds is 4. The first-order chi connectivity index (χ1) is 8.65. The Morgan fingerprint density at radius 2 is 1.67 bits per heavy atom. The van der Waals surface area contributed by atoms with E-state index in [0.717, 1.165) is 31.7 Å². The third-order valence-electron chi connectivity index (χ3n) is 3.08. The maximum atomic E-state index is 11.3. The zero-order valence-electron chi connectivity index (χ0n) is 10.8. The molecule has 3 nitrogen and oxygen atoms in total. The molecular formula is C15H18O3. The van der Waals surface area contributed by atoms with Crippen LogP contribution in [0.4, 0.5) is 0 Å². The first kappa shape index (κ1) is 12.7. The lowest BCUT2D eigenvalue weighted by Crippen LogP contribution is -1.99. The summed E-state index contributed by atoms with van der Waals surface area (Å²) in [5.74, 6) is 0.00153. The standard InChI is InChI=1S/C15H18O3/c1-3-5-10-7-12-13(16)9-15(17)18-14(12)8-11(10)6-4-2/h7-9,16H,3-6H2,1-2H3. The van der Waals surface area contributed by atoms with E-state index >= 15 is 0 Å². The van der Waals surface area contributed by atoms with E-state index in [9.17, 15) is 9.90 Å². The monoisotopic (exact) mass is 246 g/mol. The second-order valence-electron chi connectivity index (χ2n) is 4.57. The highest BCUT2D eigenvalue weighted by molar-refractivity contribution is 5.84. The molecule has 3 heteroatoms. The lowest BCUT2D eigenvalue weighted by molar-refractivity contribution is 0.468. The molecular weight excluding hydrogens is 228 g/mol. The van der Waals surface area contributed by atoms with Crippen molar-refractivity contribution in [2.75, 3.05) is 0 Å². The summed E-state index contributed by atoms with van der Waals surface area (Å²) in [6, 6.07) is 4.96. The number of aryl methyl sites for hydroxylation is 2. The second-order valence-corrected chi connectivity index (χ2v) is 4.57. The molecule has 0 atom stereocenters. The summed E-state index contributed by atoms with van der Waals surface area (Å²) in [7, 11) is 0.